The van der Waals surface area contributed by atoms with Crippen LogP contribution in [0.1, 0.15) is 38.1 Å². The summed E-state index contributed by atoms with van der Waals surface area (Å²) in [4.78, 5) is 36.0. The van der Waals surface area contributed by atoms with Gasteiger partial charge in [0.05, 0.1) is 17.8 Å². The molecule has 0 fully saturated rings. The minimum Gasteiger partial charge on any atom is -0.444 e. The van der Waals surface area contributed by atoms with E-state index in [9.17, 15) is 14.4 Å². The fourth-order valence-corrected chi connectivity index (χ4v) is 1.81. The predicted molar refractivity (Wildman–Crippen MR) is 95.1 cm³/mol. The van der Waals surface area contributed by atoms with Gasteiger partial charge in [-0.1, -0.05) is 18.1 Å². The summed E-state index contributed by atoms with van der Waals surface area (Å²) in [6.45, 7) is 6.77. The Kier molecular flexibility index (Phi) is 7.00. The molecule has 0 aliphatic heterocycles. The summed E-state index contributed by atoms with van der Waals surface area (Å²) in [6.07, 6.45) is 4.42. The zero-order valence-corrected chi connectivity index (χ0v) is 14.8. The molecule has 0 bridgehead atoms. The number of benzene rings is 1. The Labute approximate surface area is 147 Å². The van der Waals surface area contributed by atoms with Gasteiger partial charge in [0, 0.05) is 0 Å². The lowest BCUT2D eigenvalue weighted by atomic mass is 10.1. The van der Waals surface area contributed by atoms with Crippen molar-refractivity contribution >= 4 is 23.6 Å². The lowest BCUT2D eigenvalue weighted by Gasteiger charge is -2.22. The van der Waals surface area contributed by atoms with Gasteiger partial charge < -0.3 is 20.7 Å². The molecule has 0 spiro atoms. The highest BCUT2D eigenvalue weighted by atomic mass is 16.6. The largest absolute Gasteiger partial charge is 0.444 e. The first kappa shape index (κ1) is 20.0. The third kappa shape index (κ3) is 6.96. The number of para-hydroxylation sites is 1. The van der Waals surface area contributed by atoms with E-state index in [1.807, 2.05) is 0 Å². The molecule has 0 saturated carbocycles. The molecule has 7 nitrogen and oxygen atoms in total. The minimum absolute atomic E-state index is 0.0811. The molecule has 0 saturated heterocycles. The van der Waals surface area contributed by atoms with Gasteiger partial charge in [0.15, 0.2) is 0 Å². The van der Waals surface area contributed by atoms with Crippen LogP contribution in [0.3, 0.4) is 0 Å². The number of carbonyl (C=O) groups excluding carboxylic acids is 3. The smallest absolute Gasteiger partial charge is 0.408 e. The highest BCUT2D eigenvalue weighted by Crippen LogP contribution is 2.15. The normalized spacial score (nSPS) is 11.6. The van der Waals surface area contributed by atoms with Crippen molar-refractivity contribution in [2.45, 2.75) is 39.3 Å². The van der Waals surface area contributed by atoms with Crippen LogP contribution < -0.4 is 16.0 Å². The number of hydrogen-bond acceptors (Lipinski definition) is 4. The molecule has 25 heavy (non-hydrogen) atoms. The topological polar surface area (TPSA) is 96.5 Å². The van der Waals surface area contributed by atoms with Crippen molar-refractivity contribution in [3.8, 4) is 12.3 Å². The average Bonchev–Trinajstić information content (AvgIpc) is 2.51. The van der Waals surface area contributed by atoms with Crippen LogP contribution in [0.15, 0.2) is 24.3 Å². The first-order valence-electron chi connectivity index (χ1n) is 7.75. The van der Waals surface area contributed by atoms with Crippen molar-refractivity contribution in [2.24, 2.45) is 0 Å². The van der Waals surface area contributed by atoms with E-state index < -0.39 is 29.6 Å². The van der Waals surface area contributed by atoms with Gasteiger partial charge in [0.25, 0.3) is 5.91 Å². The molecule has 0 heterocycles. The quantitative estimate of drug-likeness (QED) is 0.710. The van der Waals surface area contributed by atoms with Crippen LogP contribution in [0.5, 0.6) is 0 Å². The first-order chi connectivity index (χ1) is 11.6. The number of rotatable bonds is 5. The molecule has 134 valence electrons. The van der Waals surface area contributed by atoms with Crippen molar-refractivity contribution < 1.29 is 19.1 Å². The van der Waals surface area contributed by atoms with Crippen LogP contribution in [-0.4, -0.2) is 36.1 Å². The van der Waals surface area contributed by atoms with E-state index >= 15 is 0 Å². The van der Waals surface area contributed by atoms with Crippen molar-refractivity contribution in [2.75, 3.05) is 11.9 Å². The van der Waals surface area contributed by atoms with Crippen molar-refractivity contribution in [1.29, 1.82) is 0 Å². The van der Waals surface area contributed by atoms with Crippen LogP contribution in [0.25, 0.3) is 0 Å². The lowest BCUT2D eigenvalue weighted by molar-refractivity contribution is -0.117. The zero-order valence-electron chi connectivity index (χ0n) is 14.8. The van der Waals surface area contributed by atoms with Gasteiger partial charge in [-0.05, 0) is 39.8 Å². The fraction of sp³-hybridized carbons (Fsp3) is 0.389. The monoisotopic (exact) mass is 345 g/mol. The van der Waals surface area contributed by atoms with Crippen molar-refractivity contribution in [1.82, 2.24) is 10.6 Å². The second kappa shape index (κ2) is 8.73. The van der Waals surface area contributed by atoms with Crippen molar-refractivity contribution in [3.63, 3.8) is 0 Å². The molecule has 7 heteroatoms. The molecular formula is C18H23N3O4. The molecule has 1 aromatic carbocycles. The lowest BCUT2D eigenvalue weighted by Crippen LogP contribution is -2.44. The highest BCUT2D eigenvalue weighted by Gasteiger charge is 2.22. The Morgan fingerprint density at radius 1 is 1.24 bits per heavy atom. The molecule has 0 aliphatic carbocycles. The Morgan fingerprint density at radius 2 is 1.88 bits per heavy atom. The summed E-state index contributed by atoms with van der Waals surface area (Å²) in [5.41, 5.74) is -0.0717. The predicted octanol–water partition coefficient (Wildman–Crippen LogP) is 1.90. The van der Waals surface area contributed by atoms with Gasteiger partial charge >= 0.3 is 6.09 Å². The molecule has 3 N–H and O–H groups in total. The standard InChI is InChI=1S/C18H23N3O4/c1-6-11-19-16(23)13-9-7-8-10-14(13)21-15(22)12(2)20-17(24)25-18(3,4)5/h1,7-10,12H,11H2,2-5H3,(H,19,23)(H,20,24)(H,21,22)/t12-/m1/s1. The number of hydrogen-bond donors (Lipinski definition) is 3. The number of amides is 3. The molecule has 1 rings (SSSR count). The third-order valence-electron chi connectivity index (χ3n) is 2.91. The minimum atomic E-state index is -0.850. The maximum atomic E-state index is 12.3. The van der Waals surface area contributed by atoms with E-state index in [1.165, 1.54) is 6.92 Å². The Balaban J connectivity index is 2.75. The van der Waals surface area contributed by atoms with Gasteiger partial charge in [-0.15, -0.1) is 6.42 Å². The summed E-state index contributed by atoms with van der Waals surface area (Å²) >= 11 is 0. The second-order valence-corrected chi connectivity index (χ2v) is 6.29. The van der Waals surface area contributed by atoms with Gasteiger partial charge in [0.1, 0.15) is 11.6 Å². The molecule has 0 radical (unpaired) electrons. The number of carbonyl (C=O) groups is 3. The highest BCUT2D eigenvalue weighted by molar-refractivity contribution is 6.05. The molecule has 1 aromatic rings. The van der Waals surface area contributed by atoms with Gasteiger partial charge in [-0.2, -0.15) is 0 Å². The third-order valence-corrected chi connectivity index (χ3v) is 2.91. The molecule has 0 unspecified atom stereocenters. The fourth-order valence-electron chi connectivity index (χ4n) is 1.81. The SMILES string of the molecule is C#CCNC(=O)c1ccccc1NC(=O)[C@@H](C)NC(=O)OC(C)(C)C. The molecule has 1 atom stereocenters. The summed E-state index contributed by atoms with van der Waals surface area (Å²) in [6, 6.07) is 5.65. The van der Waals surface area contributed by atoms with Crippen molar-refractivity contribution in [3.05, 3.63) is 29.8 Å². The Hall–Kier alpha value is -3.01. The van der Waals surface area contributed by atoms with Crippen LogP contribution >= 0.6 is 0 Å². The van der Waals surface area contributed by atoms with Crippen LogP contribution in [0.2, 0.25) is 0 Å². The summed E-state index contributed by atoms with van der Waals surface area (Å²) in [5.74, 6) is 1.42. The number of nitrogens with one attached hydrogen (secondary N) is 3. The van der Waals surface area contributed by atoms with E-state index in [4.69, 9.17) is 11.2 Å². The maximum Gasteiger partial charge on any atom is 0.408 e. The van der Waals surface area contributed by atoms with E-state index in [1.54, 1.807) is 45.0 Å². The zero-order chi connectivity index (χ0) is 19.0. The van der Waals surface area contributed by atoms with Crippen LogP contribution in [-0.2, 0) is 9.53 Å². The van der Waals surface area contributed by atoms with E-state index in [2.05, 4.69) is 21.9 Å². The van der Waals surface area contributed by atoms with E-state index in [0.29, 0.717) is 5.69 Å². The summed E-state index contributed by atoms with van der Waals surface area (Å²) in [5, 5.41) is 7.59. The number of anilines is 1. The number of terminal acetylenes is 1. The second-order valence-electron chi connectivity index (χ2n) is 6.29. The van der Waals surface area contributed by atoms with Crippen LogP contribution in [0.4, 0.5) is 10.5 Å². The van der Waals surface area contributed by atoms with Crippen LogP contribution in [0, 0.1) is 12.3 Å². The summed E-state index contributed by atoms with van der Waals surface area (Å²) < 4.78 is 5.10. The van der Waals surface area contributed by atoms with E-state index in [0.717, 1.165) is 0 Å². The Morgan fingerprint density at radius 3 is 2.48 bits per heavy atom. The summed E-state index contributed by atoms with van der Waals surface area (Å²) in [7, 11) is 0. The maximum absolute atomic E-state index is 12.3. The molecular weight excluding hydrogens is 322 g/mol. The van der Waals surface area contributed by atoms with E-state index in [-0.39, 0.29) is 12.1 Å². The average molecular weight is 345 g/mol. The van der Waals surface area contributed by atoms with Gasteiger partial charge in [0.2, 0.25) is 5.91 Å². The molecule has 3 amide bonds. The number of alkyl carbamates (subject to hydrolysis) is 1. The first-order valence-corrected chi connectivity index (χ1v) is 7.75. The Bertz CT molecular complexity index is 686. The molecule has 0 aliphatic rings. The van der Waals surface area contributed by atoms with Gasteiger partial charge in [-0.3, -0.25) is 9.59 Å². The molecule has 0 aromatic heterocycles. The number of ether oxygens (including phenoxy) is 1. The van der Waals surface area contributed by atoms with Gasteiger partial charge in [-0.25, -0.2) is 4.79 Å².